The predicted octanol–water partition coefficient (Wildman–Crippen LogP) is 0.676. The van der Waals surface area contributed by atoms with E-state index >= 15 is 0 Å². The van der Waals surface area contributed by atoms with Crippen LogP contribution in [0.15, 0.2) is 48.8 Å². The van der Waals surface area contributed by atoms with E-state index in [-0.39, 0.29) is 18.8 Å². The van der Waals surface area contributed by atoms with Gasteiger partial charge in [-0.05, 0) is 55.0 Å². The van der Waals surface area contributed by atoms with Crippen molar-refractivity contribution in [1.82, 2.24) is 30.8 Å². The monoisotopic (exact) mass is 538 g/mol. The molecule has 6 N–H and O–H groups in total. The summed E-state index contributed by atoms with van der Waals surface area (Å²) >= 11 is 1.49. The average molecular weight is 539 g/mol. The van der Waals surface area contributed by atoms with E-state index in [4.69, 9.17) is 4.98 Å². The summed E-state index contributed by atoms with van der Waals surface area (Å²) in [6.45, 7) is 1.44. The fraction of sp³-hybridized carbons (Fsp3) is 0.519. The Kier molecular flexibility index (Phi) is 7.41. The number of pyridine rings is 1. The number of likely N-dealkylation sites (tertiary alicyclic amines) is 1. The zero-order chi connectivity index (χ0) is 26.2. The van der Waals surface area contributed by atoms with Crippen LogP contribution in [0.3, 0.4) is 0 Å². The quantitative estimate of drug-likeness (QED) is 0.267. The molecule has 4 heterocycles. The topological polar surface area (TPSA) is 143 Å². The van der Waals surface area contributed by atoms with Gasteiger partial charge in [0.15, 0.2) is 0 Å². The molecule has 10 nitrogen and oxygen atoms in total. The molecule has 11 heteroatoms. The number of carbonyl (C=O) groups excluding carboxylic acids is 1. The molecule has 38 heavy (non-hydrogen) atoms. The molecule has 3 fully saturated rings. The number of fused-ring (bicyclic) bond motifs is 1. The minimum Gasteiger partial charge on any atom is -0.396 e. The van der Waals surface area contributed by atoms with Crippen LogP contribution in [0.1, 0.15) is 41.7 Å². The van der Waals surface area contributed by atoms with Gasteiger partial charge in [0.1, 0.15) is 17.2 Å². The number of thiazole rings is 1. The second-order valence-corrected chi connectivity index (χ2v) is 11.6. The molecule has 7 atom stereocenters. The molecule has 1 saturated carbocycles. The van der Waals surface area contributed by atoms with Crippen molar-refractivity contribution < 1.29 is 20.1 Å². The first-order valence-corrected chi connectivity index (χ1v) is 14.1. The number of benzene rings is 1. The summed E-state index contributed by atoms with van der Waals surface area (Å²) in [5.74, 6) is -0.698. The summed E-state index contributed by atoms with van der Waals surface area (Å²) in [5, 5.41) is 41.6. The fourth-order valence-electron chi connectivity index (χ4n) is 6.13. The molecule has 6 rings (SSSR count). The van der Waals surface area contributed by atoms with E-state index in [2.05, 4.69) is 38.0 Å². The second-order valence-electron chi connectivity index (χ2n) is 10.6. The lowest BCUT2D eigenvalue weighted by Gasteiger charge is -2.45. The van der Waals surface area contributed by atoms with Crippen LogP contribution in [0.4, 0.5) is 0 Å². The van der Waals surface area contributed by atoms with Gasteiger partial charge in [-0.3, -0.25) is 25.3 Å². The number of aliphatic hydroxyl groups excluding tert-OH is 3. The van der Waals surface area contributed by atoms with Gasteiger partial charge in [-0.25, -0.2) is 4.98 Å². The third kappa shape index (κ3) is 4.95. The number of carbonyl (C=O) groups is 1. The van der Waals surface area contributed by atoms with Crippen molar-refractivity contribution in [2.45, 2.75) is 61.8 Å². The predicted molar refractivity (Wildman–Crippen MR) is 143 cm³/mol. The molecule has 2 saturated heterocycles. The van der Waals surface area contributed by atoms with Crippen molar-refractivity contribution >= 4 is 27.5 Å². The molecule has 3 aliphatic rings. The average Bonchev–Trinajstić information content (AvgIpc) is 3.49. The van der Waals surface area contributed by atoms with Crippen LogP contribution in [0.25, 0.3) is 10.2 Å². The summed E-state index contributed by atoms with van der Waals surface area (Å²) in [6, 6.07) is 11.5. The number of hydrogen-bond donors (Lipinski definition) is 6. The second kappa shape index (κ2) is 10.9. The van der Waals surface area contributed by atoms with Gasteiger partial charge in [-0.1, -0.05) is 12.1 Å². The molecule has 3 unspecified atom stereocenters. The number of para-hydroxylation sites is 1. The van der Waals surface area contributed by atoms with Crippen molar-refractivity contribution in [3.63, 3.8) is 0 Å². The van der Waals surface area contributed by atoms with E-state index in [1.165, 1.54) is 16.9 Å². The Labute approximate surface area is 225 Å². The molecule has 1 aromatic carbocycles. The minimum atomic E-state index is -1.04. The molecule has 2 aromatic heterocycles. The third-order valence-corrected chi connectivity index (χ3v) is 9.43. The SMILES string of the molecule is O=C1NC(N2CCC(c3ccncc3)CC2)NC(N[C@@H]2C[C@H](CO)[C@@H](O)[C@H]2O)C1c1nc2ccccc2s1. The molecule has 2 aliphatic heterocycles. The lowest BCUT2D eigenvalue weighted by Crippen LogP contribution is -2.71. The van der Waals surface area contributed by atoms with Crippen LogP contribution in [-0.4, -0.2) is 86.5 Å². The van der Waals surface area contributed by atoms with Gasteiger partial charge in [0, 0.05) is 44.0 Å². The number of piperidine rings is 1. The van der Waals surface area contributed by atoms with Crippen molar-refractivity contribution in [2.24, 2.45) is 5.92 Å². The number of rotatable bonds is 6. The molecule has 3 aromatic rings. The molecule has 0 radical (unpaired) electrons. The molecule has 202 valence electrons. The number of hydrogen-bond acceptors (Lipinski definition) is 10. The number of aliphatic hydroxyl groups is 3. The van der Waals surface area contributed by atoms with Gasteiger partial charge in [-0.2, -0.15) is 0 Å². The first-order valence-electron chi connectivity index (χ1n) is 13.3. The molecule has 0 spiro atoms. The van der Waals surface area contributed by atoms with Crippen molar-refractivity contribution in [1.29, 1.82) is 0 Å². The zero-order valence-corrected chi connectivity index (χ0v) is 21.8. The van der Waals surface area contributed by atoms with Crippen molar-refractivity contribution in [3.8, 4) is 0 Å². The first-order chi connectivity index (χ1) is 18.5. The van der Waals surface area contributed by atoms with Crippen molar-refractivity contribution in [3.05, 3.63) is 59.4 Å². The summed E-state index contributed by atoms with van der Waals surface area (Å²) < 4.78 is 1.01. The van der Waals surface area contributed by atoms with Gasteiger partial charge in [0.05, 0.1) is 28.6 Å². The smallest absolute Gasteiger partial charge is 0.235 e. The van der Waals surface area contributed by atoms with Gasteiger partial charge >= 0.3 is 0 Å². The van der Waals surface area contributed by atoms with E-state index < -0.39 is 36.3 Å². The Hall–Kier alpha value is -2.51. The zero-order valence-electron chi connectivity index (χ0n) is 21.0. The molecule has 1 amide bonds. The highest BCUT2D eigenvalue weighted by Gasteiger charge is 2.46. The maximum Gasteiger partial charge on any atom is 0.235 e. The van der Waals surface area contributed by atoms with Gasteiger partial charge < -0.3 is 20.6 Å². The fourth-order valence-corrected chi connectivity index (χ4v) is 7.24. The normalized spacial score (nSPS) is 33.0. The third-order valence-electron chi connectivity index (χ3n) is 8.31. The molecular weight excluding hydrogens is 504 g/mol. The van der Waals surface area contributed by atoms with Crippen LogP contribution >= 0.6 is 11.3 Å². The van der Waals surface area contributed by atoms with Crippen LogP contribution in [0.5, 0.6) is 0 Å². The summed E-state index contributed by atoms with van der Waals surface area (Å²) in [5.41, 5.74) is 2.14. The highest BCUT2D eigenvalue weighted by atomic mass is 32.1. The molecular formula is C27H34N6O4S. The van der Waals surface area contributed by atoms with Crippen LogP contribution in [0.2, 0.25) is 0 Å². The lowest BCUT2D eigenvalue weighted by atomic mass is 9.90. The summed E-state index contributed by atoms with van der Waals surface area (Å²) in [6.07, 6.45) is 3.08. The Morgan fingerprint density at radius 2 is 1.84 bits per heavy atom. The number of nitrogens with one attached hydrogen (secondary N) is 3. The van der Waals surface area contributed by atoms with Gasteiger partial charge in [0.25, 0.3) is 0 Å². The largest absolute Gasteiger partial charge is 0.396 e. The summed E-state index contributed by atoms with van der Waals surface area (Å²) in [7, 11) is 0. The standard InChI is InChI=1S/C27H34N6O4S/c34-14-17-13-19(23(36)22(17)35)29-24-21(26-30-18-3-1-2-4-20(18)38-26)25(37)32-27(31-24)33-11-7-16(8-12-33)15-5-9-28-10-6-15/h1-6,9-10,16-17,19,21-24,27,29,31,34-36H,7-8,11-14H2,(H,32,37)/t17-,19-,21?,22-,23+,24?,27?/m1/s1. The van der Waals surface area contributed by atoms with Crippen molar-refractivity contribution in [2.75, 3.05) is 19.7 Å². The highest BCUT2D eigenvalue weighted by Crippen LogP contribution is 2.34. The Morgan fingerprint density at radius 1 is 1.08 bits per heavy atom. The van der Waals surface area contributed by atoms with E-state index in [9.17, 15) is 20.1 Å². The highest BCUT2D eigenvalue weighted by molar-refractivity contribution is 7.18. The number of nitrogens with zero attached hydrogens (tertiary/aromatic N) is 3. The summed E-state index contributed by atoms with van der Waals surface area (Å²) in [4.78, 5) is 24.8. The Morgan fingerprint density at radius 3 is 2.55 bits per heavy atom. The maximum atomic E-state index is 13.7. The van der Waals surface area contributed by atoms with Crippen LogP contribution in [0, 0.1) is 5.92 Å². The van der Waals surface area contributed by atoms with Gasteiger partial charge in [-0.15, -0.1) is 11.3 Å². The van der Waals surface area contributed by atoms with E-state index in [1.807, 2.05) is 36.7 Å². The van der Waals surface area contributed by atoms with Crippen LogP contribution < -0.4 is 16.0 Å². The van der Waals surface area contributed by atoms with E-state index in [1.54, 1.807) is 0 Å². The van der Waals surface area contributed by atoms with E-state index in [0.29, 0.717) is 17.3 Å². The minimum absolute atomic E-state index is 0.131. The lowest BCUT2D eigenvalue weighted by molar-refractivity contribution is -0.130. The van der Waals surface area contributed by atoms with E-state index in [0.717, 1.165) is 36.1 Å². The van der Waals surface area contributed by atoms with Gasteiger partial charge in [0.2, 0.25) is 5.91 Å². The number of aromatic nitrogens is 2. The molecule has 1 aliphatic carbocycles. The maximum absolute atomic E-state index is 13.7. The first kappa shape index (κ1) is 25.8. The molecule has 0 bridgehead atoms. The Bertz CT molecular complexity index is 1220. The number of amides is 1. The van der Waals surface area contributed by atoms with Crippen LogP contribution in [-0.2, 0) is 4.79 Å². The Balaban J connectivity index is 1.22.